The fourth-order valence-electron chi connectivity index (χ4n) is 3.88. The maximum Gasteiger partial charge on any atom is 0.338 e. The molecule has 0 saturated carbocycles. The number of benzene rings is 3. The summed E-state index contributed by atoms with van der Waals surface area (Å²) in [5.41, 5.74) is 3.07. The van der Waals surface area contributed by atoms with Crippen molar-refractivity contribution in [2.45, 2.75) is 19.9 Å². The Kier molecular flexibility index (Phi) is 7.40. The SMILES string of the molecule is CCOC(=O)c1ccc(NC(=O)COc2cccc3c2CCN(Cc2ccc(F)cc2)C3=O)cc1. The van der Waals surface area contributed by atoms with Crippen molar-refractivity contribution < 1.29 is 28.2 Å². The second kappa shape index (κ2) is 10.8. The van der Waals surface area contributed by atoms with Gasteiger partial charge in [-0.3, -0.25) is 9.59 Å². The van der Waals surface area contributed by atoms with Crippen LogP contribution < -0.4 is 10.1 Å². The largest absolute Gasteiger partial charge is 0.483 e. The average Bonchev–Trinajstić information content (AvgIpc) is 2.86. The number of anilines is 1. The summed E-state index contributed by atoms with van der Waals surface area (Å²) < 4.78 is 23.9. The third kappa shape index (κ3) is 5.84. The summed E-state index contributed by atoms with van der Waals surface area (Å²) in [6.45, 7) is 2.67. The lowest BCUT2D eigenvalue weighted by Crippen LogP contribution is -2.37. The van der Waals surface area contributed by atoms with Crippen molar-refractivity contribution in [2.75, 3.05) is 25.1 Å². The lowest BCUT2D eigenvalue weighted by Gasteiger charge is -2.29. The topological polar surface area (TPSA) is 84.9 Å². The highest BCUT2D eigenvalue weighted by molar-refractivity contribution is 5.97. The van der Waals surface area contributed by atoms with Gasteiger partial charge in [-0.05, 0) is 67.4 Å². The summed E-state index contributed by atoms with van der Waals surface area (Å²) >= 11 is 0. The number of nitrogens with zero attached hydrogens (tertiary/aromatic N) is 1. The highest BCUT2D eigenvalue weighted by atomic mass is 19.1. The predicted octanol–water partition coefficient (Wildman–Crippen LogP) is 4.22. The summed E-state index contributed by atoms with van der Waals surface area (Å²) in [5.74, 6) is -0.749. The van der Waals surface area contributed by atoms with E-state index in [1.807, 2.05) is 0 Å². The molecule has 0 atom stereocenters. The van der Waals surface area contributed by atoms with Gasteiger partial charge >= 0.3 is 5.97 Å². The van der Waals surface area contributed by atoms with Crippen LogP contribution in [0.3, 0.4) is 0 Å². The van der Waals surface area contributed by atoms with Crippen molar-refractivity contribution in [1.82, 2.24) is 4.90 Å². The van der Waals surface area contributed by atoms with E-state index in [-0.39, 0.29) is 30.8 Å². The van der Waals surface area contributed by atoms with Crippen molar-refractivity contribution in [3.05, 3.63) is 94.8 Å². The Morgan fingerprint density at radius 3 is 2.49 bits per heavy atom. The van der Waals surface area contributed by atoms with E-state index in [1.165, 1.54) is 12.1 Å². The first-order chi connectivity index (χ1) is 16.9. The summed E-state index contributed by atoms with van der Waals surface area (Å²) in [7, 11) is 0. The van der Waals surface area contributed by atoms with Gasteiger partial charge in [0.15, 0.2) is 6.61 Å². The van der Waals surface area contributed by atoms with Crippen molar-refractivity contribution in [1.29, 1.82) is 0 Å². The van der Waals surface area contributed by atoms with E-state index in [0.29, 0.717) is 42.1 Å². The molecule has 0 aromatic heterocycles. The first-order valence-corrected chi connectivity index (χ1v) is 11.3. The number of hydrogen-bond donors (Lipinski definition) is 1. The molecule has 0 unspecified atom stereocenters. The highest BCUT2D eigenvalue weighted by Crippen LogP contribution is 2.29. The van der Waals surface area contributed by atoms with Crippen LogP contribution in [0.25, 0.3) is 0 Å². The zero-order valence-corrected chi connectivity index (χ0v) is 19.3. The van der Waals surface area contributed by atoms with Gasteiger partial charge in [-0.1, -0.05) is 18.2 Å². The zero-order valence-electron chi connectivity index (χ0n) is 19.3. The standard InChI is InChI=1S/C27H25FN2O5/c1-2-34-27(33)19-8-12-21(13-9-19)29-25(31)17-35-24-5-3-4-23-22(24)14-15-30(26(23)32)16-18-6-10-20(28)11-7-18/h3-13H,2,14-17H2,1H3,(H,29,31). The van der Waals surface area contributed by atoms with E-state index in [1.54, 1.807) is 66.4 Å². The smallest absolute Gasteiger partial charge is 0.338 e. The Balaban J connectivity index is 1.36. The van der Waals surface area contributed by atoms with Crippen LogP contribution in [0.5, 0.6) is 5.75 Å². The van der Waals surface area contributed by atoms with Gasteiger partial charge in [0.05, 0.1) is 12.2 Å². The second-order valence-electron chi connectivity index (χ2n) is 8.02. The number of halogens is 1. The summed E-state index contributed by atoms with van der Waals surface area (Å²) in [6.07, 6.45) is 0.579. The number of carbonyl (C=O) groups is 3. The third-order valence-electron chi connectivity index (χ3n) is 5.61. The average molecular weight is 477 g/mol. The number of carbonyl (C=O) groups excluding carboxylic acids is 3. The molecule has 0 radical (unpaired) electrons. The molecule has 2 amide bonds. The molecule has 3 aromatic carbocycles. The molecule has 3 aromatic rings. The van der Waals surface area contributed by atoms with Gasteiger partial charge in [-0.25, -0.2) is 9.18 Å². The minimum Gasteiger partial charge on any atom is -0.483 e. The molecule has 0 fully saturated rings. The first kappa shape index (κ1) is 23.9. The summed E-state index contributed by atoms with van der Waals surface area (Å²) in [6, 6.07) is 17.7. The van der Waals surface area contributed by atoms with Gasteiger partial charge in [-0.15, -0.1) is 0 Å². The van der Waals surface area contributed by atoms with Gasteiger partial charge in [0, 0.05) is 29.9 Å². The van der Waals surface area contributed by atoms with Crippen LogP contribution in [-0.2, 0) is 22.5 Å². The van der Waals surface area contributed by atoms with Crippen LogP contribution in [0.15, 0.2) is 66.7 Å². The molecule has 1 aliphatic heterocycles. The number of nitrogens with one attached hydrogen (secondary N) is 1. The minimum atomic E-state index is -0.423. The van der Waals surface area contributed by atoms with Crippen molar-refractivity contribution in [2.24, 2.45) is 0 Å². The minimum absolute atomic E-state index is 0.132. The molecule has 1 N–H and O–H groups in total. The lowest BCUT2D eigenvalue weighted by atomic mass is 9.97. The molecule has 0 bridgehead atoms. The summed E-state index contributed by atoms with van der Waals surface area (Å²) in [5, 5.41) is 2.72. The molecule has 1 aliphatic rings. The fraction of sp³-hybridized carbons (Fsp3) is 0.222. The molecule has 4 rings (SSSR count). The monoisotopic (exact) mass is 476 g/mol. The van der Waals surface area contributed by atoms with Gasteiger partial charge in [0.2, 0.25) is 0 Å². The number of ether oxygens (including phenoxy) is 2. The molecule has 180 valence electrons. The number of fused-ring (bicyclic) bond motifs is 1. The number of rotatable bonds is 8. The van der Waals surface area contributed by atoms with E-state index >= 15 is 0 Å². The van der Waals surface area contributed by atoms with Crippen LogP contribution >= 0.6 is 0 Å². The number of esters is 1. The maximum absolute atomic E-state index is 13.2. The van der Waals surface area contributed by atoms with Crippen LogP contribution in [0.1, 0.15) is 38.8 Å². The molecule has 7 nitrogen and oxygen atoms in total. The van der Waals surface area contributed by atoms with Gasteiger partial charge < -0.3 is 19.7 Å². The maximum atomic E-state index is 13.2. The molecule has 1 heterocycles. The van der Waals surface area contributed by atoms with Crippen molar-refractivity contribution in [3.8, 4) is 5.75 Å². The normalized spacial score (nSPS) is 12.6. The lowest BCUT2D eigenvalue weighted by molar-refractivity contribution is -0.118. The predicted molar refractivity (Wildman–Crippen MR) is 128 cm³/mol. The van der Waals surface area contributed by atoms with E-state index < -0.39 is 5.97 Å². The molecule has 0 aliphatic carbocycles. The van der Waals surface area contributed by atoms with Gasteiger partial charge in [0.1, 0.15) is 11.6 Å². The third-order valence-corrected chi connectivity index (χ3v) is 5.61. The Morgan fingerprint density at radius 2 is 1.77 bits per heavy atom. The van der Waals surface area contributed by atoms with E-state index in [2.05, 4.69) is 5.32 Å². The number of amides is 2. The Labute approximate surface area is 202 Å². The zero-order chi connectivity index (χ0) is 24.8. The Hall–Kier alpha value is -4.20. The van der Waals surface area contributed by atoms with Crippen LogP contribution in [0.4, 0.5) is 10.1 Å². The van der Waals surface area contributed by atoms with Crippen LogP contribution in [0, 0.1) is 5.82 Å². The molecular formula is C27H25FN2O5. The van der Waals surface area contributed by atoms with Crippen LogP contribution in [0.2, 0.25) is 0 Å². The van der Waals surface area contributed by atoms with Gasteiger partial charge in [-0.2, -0.15) is 0 Å². The molecule has 35 heavy (non-hydrogen) atoms. The van der Waals surface area contributed by atoms with E-state index in [0.717, 1.165) is 11.1 Å². The van der Waals surface area contributed by atoms with Gasteiger partial charge in [0.25, 0.3) is 11.8 Å². The van der Waals surface area contributed by atoms with E-state index in [4.69, 9.17) is 9.47 Å². The second-order valence-corrected chi connectivity index (χ2v) is 8.02. The highest BCUT2D eigenvalue weighted by Gasteiger charge is 2.27. The molecule has 0 saturated heterocycles. The van der Waals surface area contributed by atoms with Crippen molar-refractivity contribution in [3.63, 3.8) is 0 Å². The van der Waals surface area contributed by atoms with Crippen LogP contribution in [-0.4, -0.2) is 42.4 Å². The Morgan fingerprint density at radius 1 is 1.03 bits per heavy atom. The summed E-state index contributed by atoms with van der Waals surface area (Å²) in [4.78, 5) is 38.9. The van der Waals surface area contributed by atoms with Crippen molar-refractivity contribution >= 4 is 23.5 Å². The van der Waals surface area contributed by atoms with E-state index in [9.17, 15) is 18.8 Å². The number of hydrogen-bond acceptors (Lipinski definition) is 5. The molecule has 8 heteroatoms. The molecular weight excluding hydrogens is 451 g/mol. The first-order valence-electron chi connectivity index (χ1n) is 11.3. The quantitative estimate of drug-likeness (QED) is 0.492. The fourth-order valence-corrected chi connectivity index (χ4v) is 3.88. The molecule has 0 spiro atoms. The Bertz CT molecular complexity index is 1230.